The van der Waals surface area contributed by atoms with Gasteiger partial charge in [-0.1, -0.05) is 30.1 Å². The normalized spacial score (nSPS) is 16.2. The highest BCUT2D eigenvalue weighted by Gasteiger charge is 2.24. The summed E-state index contributed by atoms with van der Waals surface area (Å²) in [4.78, 5) is 6.55. The van der Waals surface area contributed by atoms with Crippen molar-refractivity contribution in [3.8, 4) is 0 Å². The molecule has 1 aromatic rings. The van der Waals surface area contributed by atoms with E-state index in [-0.39, 0.29) is 0 Å². The Kier molecular flexibility index (Phi) is 4.62. The molecule has 0 spiro atoms. The van der Waals surface area contributed by atoms with Gasteiger partial charge in [0, 0.05) is 42.5 Å². The monoisotopic (exact) mass is 273 g/mol. The first-order chi connectivity index (χ1) is 8.20. The van der Waals surface area contributed by atoms with E-state index in [0.717, 1.165) is 38.2 Å². The Morgan fingerprint density at radius 3 is 2.76 bits per heavy atom. The van der Waals surface area contributed by atoms with Gasteiger partial charge in [-0.25, -0.2) is 4.98 Å². The van der Waals surface area contributed by atoms with Gasteiger partial charge in [-0.15, -0.1) is 0 Å². The molecule has 5 heteroatoms. The van der Waals surface area contributed by atoms with Crippen LogP contribution in [0.15, 0.2) is 12.3 Å². The minimum atomic E-state index is 0.450. The maximum absolute atomic E-state index is 6.17. The Bertz CT molecular complexity index is 380. The smallest absolute Gasteiger partial charge is 0.130 e. The third kappa shape index (κ3) is 3.32. The fourth-order valence-corrected chi connectivity index (χ4v) is 2.41. The average Bonchev–Trinajstić information content (AvgIpc) is 2.20. The van der Waals surface area contributed by atoms with Gasteiger partial charge in [-0.2, -0.15) is 0 Å². The maximum atomic E-state index is 6.17. The molecule has 0 aliphatic carbocycles. The fraction of sp³-hybridized carbons (Fsp3) is 0.583. The summed E-state index contributed by atoms with van der Waals surface area (Å²) in [5.41, 5.74) is 1.05. The van der Waals surface area contributed by atoms with Crippen LogP contribution in [-0.2, 0) is 6.54 Å². The van der Waals surface area contributed by atoms with Gasteiger partial charge < -0.3 is 5.32 Å². The molecule has 0 saturated carbocycles. The van der Waals surface area contributed by atoms with Gasteiger partial charge in [-0.3, -0.25) is 4.90 Å². The molecule has 0 radical (unpaired) electrons. The summed E-state index contributed by atoms with van der Waals surface area (Å²) < 4.78 is 0. The van der Waals surface area contributed by atoms with Gasteiger partial charge in [0.2, 0.25) is 0 Å². The van der Waals surface area contributed by atoms with E-state index in [2.05, 4.69) is 22.1 Å². The lowest BCUT2D eigenvalue weighted by molar-refractivity contribution is 0.137. The zero-order valence-electron chi connectivity index (χ0n) is 9.92. The van der Waals surface area contributed by atoms with Crippen LogP contribution in [0.4, 0.5) is 0 Å². The summed E-state index contributed by atoms with van der Waals surface area (Å²) >= 11 is 12.0. The first-order valence-electron chi connectivity index (χ1n) is 5.95. The lowest BCUT2D eigenvalue weighted by atomic mass is 10.1. The lowest BCUT2D eigenvalue weighted by Crippen LogP contribution is -2.57. The van der Waals surface area contributed by atoms with E-state index < -0.39 is 0 Å². The van der Waals surface area contributed by atoms with Crippen LogP contribution in [0.3, 0.4) is 0 Å². The van der Waals surface area contributed by atoms with Gasteiger partial charge in [0.25, 0.3) is 0 Å². The number of halogens is 2. The molecule has 1 aromatic heterocycles. The molecule has 1 saturated heterocycles. The minimum absolute atomic E-state index is 0.450. The van der Waals surface area contributed by atoms with Gasteiger partial charge >= 0.3 is 0 Å². The van der Waals surface area contributed by atoms with Crippen molar-refractivity contribution in [3.63, 3.8) is 0 Å². The molecule has 0 amide bonds. The van der Waals surface area contributed by atoms with E-state index in [9.17, 15) is 0 Å². The summed E-state index contributed by atoms with van der Waals surface area (Å²) in [5.74, 6) is 0. The van der Waals surface area contributed by atoms with Crippen molar-refractivity contribution in [1.82, 2.24) is 15.2 Å². The molecule has 1 N–H and O–H groups in total. The highest BCUT2D eigenvalue weighted by Crippen LogP contribution is 2.21. The van der Waals surface area contributed by atoms with Crippen molar-refractivity contribution in [3.05, 3.63) is 28.0 Å². The minimum Gasteiger partial charge on any atom is -0.314 e. The Morgan fingerprint density at radius 2 is 2.24 bits per heavy atom. The Balaban J connectivity index is 2.05. The van der Waals surface area contributed by atoms with Crippen LogP contribution >= 0.6 is 23.2 Å². The van der Waals surface area contributed by atoms with Crippen LogP contribution < -0.4 is 5.32 Å². The van der Waals surface area contributed by atoms with Crippen LogP contribution in [0.5, 0.6) is 0 Å². The highest BCUT2D eigenvalue weighted by atomic mass is 35.5. The predicted molar refractivity (Wildman–Crippen MR) is 71.6 cm³/mol. The molecule has 0 unspecified atom stereocenters. The van der Waals surface area contributed by atoms with E-state index in [4.69, 9.17) is 23.2 Å². The molecule has 1 aliphatic rings. The van der Waals surface area contributed by atoms with Gasteiger partial charge in [0.05, 0.1) is 0 Å². The predicted octanol–water partition coefficient (Wildman–Crippen LogP) is 2.57. The van der Waals surface area contributed by atoms with Crippen molar-refractivity contribution in [2.24, 2.45) is 0 Å². The molecular formula is C12H17Cl2N3. The number of rotatable bonds is 5. The molecule has 0 aromatic carbocycles. The first kappa shape index (κ1) is 13.1. The van der Waals surface area contributed by atoms with E-state index >= 15 is 0 Å². The summed E-state index contributed by atoms with van der Waals surface area (Å²) in [6.07, 6.45) is 2.93. The number of hydrogen-bond donors (Lipinski definition) is 1. The zero-order chi connectivity index (χ0) is 12.3. The second-order valence-corrected chi connectivity index (χ2v) is 5.18. The third-order valence-corrected chi connectivity index (χ3v) is 3.62. The van der Waals surface area contributed by atoms with Crippen molar-refractivity contribution < 1.29 is 0 Å². The molecule has 94 valence electrons. The van der Waals surface area contributed by atoms with E-state index in [1.807, 2.05) is 0 Å². The zero-order valence-corrected chi connectivity index (χ0v) is 11.4. The van der Waals surface area contributed by atoms with Gasteiger partial charge in [0.15, 0.2) is 0 Å². The van der Waals surface area contributed by atoms with Gasteiger partial charge in [0.1, 0.15) is 5.15 Å². The lowest BCUT2D eigenvalue weighted by Gasteiger charge is -2.38. The Hall–Kier alpha value is -0.350. The molecule has 17 heavy (non-hydrogen) atoms. The van der Waals surface area contributed by atoms with Crippen molar-refractivity contribution >= 4 is 23.2 Å². The second-order valence-electron chi connectivity index (χ2n) is 4.38. The molecule has 3 nitrogen and oxygen atoms in total. The number of pyridine rings is 1. The number of aromatic nitrogens is 1. The quantitative estimate of drug-likeness (QED) is 0.836. The van der Waals surface area contributed by atoms with Crippen LogP contribution in [-0.4, -0.2) is 35.6 Å². The Labute approximate surface area is 112 Å². The van der Waals surface area contributed by atoms with Crippen LogP contribution in [0.25, 0.3) is 0 Å². The number of hydrogen-bond acceptors (Lipinski definition) is 3. The maximum Gasteiger partial charge on any atom is 0.130 e. The number of nitrogens with one attached hydrogen (secondary N) is 1. The SMILES string of the molecule is CCCN(Cc1cnc(Cl)cc1Cl)C1CNC1. The fourth-order valence-electron chi connectivity index (χ4n) is 1.98. The summed E-state index contributed by atoms with van der Waals surface area (Å²) in [7, 11) is 0. The second kappa shape index (κ2) is 6.01. The standard InChI is InChI=1S/C12H17Cl2N3/c1-2-3-17(10-6-15-7-10)8-9-5-16-12(14)4-11(9)13/h4-5,10,15H,2-3,6-8H2,1H3. The summed E-state index contributed by atoms with van der Waals surface area (Å²) in [6, 6.07) is 2.34. The number of nitrogens with zero attached hydrogens (tertiary/aromatic N) is 2. The average molecular weight is 274 g/mol. The molecule has 1 fully saturated rings. The van der Waals surface area contributed by atoms with Crippen molar-refractivity contribution in [2.75, 3.05) is 19.6 Å². The molecule has 0 bridgehead atoms. The van der Waals surface area contributed by atoms with E-state index in [0.29, 0.717) is 16.2 Å². The summed E-state index contributed by atoms with van der Waals surface area (Å²) in [6.45, 7) is 6.27. The van der Waals surface area contributed by atoms with Crippen molar-refractivity contribution in [1.29, 1.82) is 0 Å². The van der Waals surface area contributed by atoms with E-state index in [1.165, 1.54) is 0 Å². The summed E-state index contributed by atoms with van der Waals surface area (Å²) in [5, 5.41) is 4.46. The molecule has 2 rings (SSSR count). The van der Waals surface area contributed by atoms with Crippen LogP contribution in [0.1, 0.15) is 18.9 Å². The van der Waals surface area contributed by atoms with Gasteiger partial charge in [-0.05, 0) is 19.0 Å². The topological polar surface area (TPSA) is 28.2 Å². The molecule has 2 heterocycles. The molecule has 1 aliphatic heterocycles. The highest BCUT2D eigenvalue weighted by molar-refractivity contribution is 6.34. The molecule has 0 atom stereocenters. The first-order valence-corrected chi connectivity index (χ1v) is 6.71. The van der Waals surface area contributed by atoms with E-state index in [1.54, 1.807) is 12.3 Å². The van der Waals surface area contributed by atoms with Crippen LogP contribution in [0.2, 0.25) is 10.2 Å². The third-order valence-electron chi connectivity index (χ3n) is 3.06. The van der Waals surface area contributed by atoms with Crippen LogP contribution in [0, 0.1) is 0 Å². The molecular weight excluding hydrogens is 257 g/mol. The Morgan fingerprint density at radius 1 is 1.47 bits per heavy atom. The largest absolute Gasteiger partial charge is 0.314 e. The van der Waals surface area contributed by atoms with Crippen molar-refractivity contribution in [2.45, 2.75) is 25.9 Å².